The van der Waals surface area contributed by atoms with Gasteiger partial charge in [0.25, 0.3) is 0 Å². The van der Waals surface area contributed by atoms with Gasteiger partial charge in [-0.05, 0) is 35.4 Å². The Morgan fingerprint density at radius 1 is 0.844 bits per heavy atom. The molecule has 0 radical (unpaired) electrons. The van der Waals surface area contributed by atoms with Crippen molar-refractivity contribution in [2.45, 2.75) is 19.0 Å². The van der Waals surface area contributed by atoms with Crippen LogP contribution in [0.4, 0.5) is 17.6 Å². The first-order valence-corrected chi connectivity index (χ1v) is 9.39. The molecule has 9 heteroatoms. The van der Waals surface area contributed by atoms with Crippen LogP contribution >= 0.6 is 0 Å². The normalized spacial score (nSPS) is 10.9. The van der Waals surface area contributed by atoms with Gasteiger partial charge in [-0.15, -0.1) is 0 Å². The summed E-state index contributed by atoms with van der Waals surface area (Å²) >= 11 is 0. The summed E-state index contributed by atoms with van der Waals surface area (Å²) in [4.78, 5) is 22.0. The van der Waals surface area contributed by atoms with E-state index in [1.54, 1.807) is 0 Å². The van der Waals surface area contributed by atoms with Crippen LogP contribution in [-0.2, 0) is 38.0 Å². The van der Waals surface area contributed by atoms with E-state index in [4.69, 9.17) is 9.47 Å². The number of benzene rings is 2. The zero-order chi connectivity index (χ0) is 23.7. The second kappa shape index (κ2) is 11.1. The van der Waals surface area contributed by atoms with Crippen molar-refractivity contribution >= 4 is 11.9 Å². The molecule has 0 saturated carbocycles. The highest BCUT2D eigenvalue weighted by atomic mass is 19.3. The number of rotatable bonds is 11. The molecule has 0 atom stereocenters. The Hall–Kier alpha value is -3.62. The molecule has 2 rings (SSSR count). The predicted molar refractivity (Wildman–Crippen MR) is 107 cm³/mol. The van der Waals surface area contributed by atoms with Gasteiger partial charge in [-0.1, -0.05) is 25.3 Å². The van der Waals surface area contributed by atoms with Crippen LogP contribution in [0.5, 0.6) is 5.75 Å². The third-order valence-electron chi connectivity index (χ3n) is 4.17. The molecular weight excluding hydrogens is 432 g/mol. The van der Waals surface area contributed by atoms with E-state index in [-0.39, 0.29) is 30.9 Å². The van der Waals surface area contributed by atoms with Gasteiger partial charge in [0, 0.05) is 25.0 Å². The van der Waals surface area contributed by atoms with E-state index in [1.807, 2.05) is 0 Å². The summed E-state index contributed by atoms with van der Waals surface area (Å²) in [5.41, 5.74) is -0.848. The number of halogens is 4. The second-order valence-corrected chi connectivity index (χ2v) is 6.44. The summed E-state index contributed by atoms with van der Waals surface area (Å²) in [5, 5.41) is 0. The number of carbonyl (C=O) groups is 2. The standard InChI is InChI=1S/C23H20F4O5/c1-3-20(28)30-11-9-15-5-7-17(8-6-15)32-23(26,27)22-18(24)13-16(14-19(22)25)10-12-31-21(29)4-2/h3-8,13-14H,1-2,9-12H2. The molecular formula is C23H20F4O5. The van der Waals surface area contributed by atoms with Crippen molar-refractivity contribution < 1.29 is 41.4 Å². The Morgan fingerprint density at radius 3 is 1.78 bits per heavy atom. The van der Waals surface area contributed by atoms with Crippen LogP contribution < -0.4 is 4.74 Å². The van der Waals surface area contributed by atoms with Crippen molar-refractivity contribution in [1.29, 1.82) is 0 Å². The molecule has 0 fully saturated rings. The maximum absolute atomic E-state index is 14.5. The highest BCUT2D eigenvalue weighted by Gasteiger charge is 2.41. The lowest BCUT2D eigenvalue weighted by Gasteiger charge is -2.20. The fourth-order valence-corrected chi connectivity index (χ4v) is 2.63. The minimum absolute atomic E-state index is 0.0259. The Kier molecular flexibility index (Phi) is 8.57. The summed E-state index contributed by atoms with van der Waals surface area (Å²) in [6, 6.07) is 6.77. The molecule has 0 saturated heterocycles. The van der Waals surface area contributed by atoms with Crippen molar-refractivity contribution in [3.05, 3.63) is 90.0 Å². The van der Waals surface area contributed by atoms with E-state index in [2.05, 4.69) is 17.9 Å². The van der Waals surface area contributed by atoms with Crippen molar-refractivity contribution in [2.24, 2.45) is 0 Å². The first kappa shape index (κ1) is 24.6. The number of esters is 2. The van der Waals surface area contributed by atoms with Gasteiger partial charge in [0.15, 0.2) is 0 Å². The fraction of sp³-hybridized carbons (Fsp3) is 0.217. The molecule has 2 aromatic carbocycles. The van der Waals surface area contributed by atoms with E-state index in [1.165, 1.54) is 24.3 Å². The summed E-state index contributed by atoms with van der Waals surface area (Å²) in [6.07, 6.45) is -2.11. The summed E-state index contributed by atoms with van der Waals surface area (Å²) < 4.78 is 71.6. The van der Waals surface area contributed by atoms with E-state index in [0.29, 0.717) is 12.0 Å². The van der Waals surface area contributed by atoms with Gasteiger partial charge in [-0.3, -0.25) is 0 Å². The highest BCUT2D eigenvalue weighted by Crippen LogP contribution is 2.35. The molecule has 0 amide bonds. The third-order valence-corrected chi connectivity index (χ3v) is 4.17. The zero-order valence-electron chi connectivity index (χ0n) is 16.9. The summed E-state index contributed by atoms with van der Waals surface area (Å²) in [7, 11) is 0. The van der Waals surface area contributed by atoms with E-state index < -0.39 is 35.2 Å². The lowest BCUT2D eigenvalue weighted by molar-refractivity contribution is -0.189. The van der Waals surface area contributed by atoms with Gasteiger partial charge in [0.2, 0.25) is 0 Å². The smallest absolute Gasteiger partial charge is 0.432 e. The van der Waals surface area contributed by atoms with Gasteiger partial charge in [-0.2, -0.15) is 8.78 Å². The molecule has 0 heterocycles. The lowest BCUT2D eigenvalue weighted by atomic mass is 10.1. The Labute approximate surface area is 181 Å². The van der Waals surface area contributed by atoms with Gasteiger partial charge in [0.05, 0.1) is 13.2 Å². The number of alkyl halides is 2. The van der Waals surface area contributed by atoms with Crippen molar-refractivity contribution in [1.82, 2.24) is 0 Å². The molecule has 32 heavy (non-hydrogen) atoms. The van der Waals surface area contributed by atoms with Crippen LogP contribution in [0.15, 0.2) is 61.7 Å². The Bertz CT molecular complexity index is 963. The maximum atomic E-state index is 14.5. The first-order chi connectivity index (χ1) is 15.2. The van der Waals surface area contributed by atoms with Gasteiger partial charge in [0.1, 0.15) is 22.9 Å². The number of hydrogen-bond acceptors (Lipinski definition) is 5. The van der Waals surface area contributed by atoms with Crippen LogP contribution in [0.3, 0.4) is 0 Å². The van der Waals surface area contributed by atoms with Crippen LogP contribution in [0, 0.1) is 11.6 Å². The minimum Gasteiger partial charge on any atom is -0.462 e. The monoisotopic (exact) mass is 452 g/mol. The van der Waals surface area contributed by atoms with Gasteiger partial charge < -0.3 is 14.2 Å². The topological polar surface area (TPSA) is 61.8 Å². The SMILES string of the molecule is C=CC(=O)OCCc1ccc(OC(F)(F)c2c(F)cc(CCOC(=O)C=C)cc2F)cc1. The molecule has 0 unspecified atom stereocenters. The van der Waals surface area contributed by atoms with E-state index in [0.717, 1.165) is 24.3 Å². The second-order valence-electron chi connectivity index (χ2n) is 6.44. The Morgan fingerprint density at radius 2 is 1.31 bits per heavy atom. The summed E-state index contributed by atoms with van der Waals surface area (Å²) in [5.74, 6) is -4.62. The van der Waals surface area contributed by atoms with Crippen LogP contribution in [0.1, 0.15) is 16.7 Å². The number of carbonyl (C=O) groups excluding carboxylic acids is 2. The largest absolute Gasteiger partial charge is 0.462 e. The van der Waals surface area contributed by atoms with Crippen molar-refractivity contribution in [3.8, 4) is 5.75 Å². The molecule has 0 N–H and O–H groups in total. The van der Waals surface area contributed by atoms with Crippen LogP contribution in [0.25, 0.3) is 0 Å². The average Bonchev–Trinajstić information content (AvgIpc) is 2.73. The average molecular weight is 452 g/mol. The van der Waals surface area contributed by atoms with Crippen LogP contribution in [-0.4, -0.2) is 25.2 Å². The molecule has 0 aromatic heterocycles. The van der Waals surface area contributed by atoms with E-state index in [9.17, 15) is 27.2 Å². The lowest BCUT2D eigenvalue weighted by Crippen LogP contribution is -2.25. The molecule has 0 spiro atoms. The van der Waals surface area contributed by atoms with Crippen molar-refractivity contribution in [3.63, 3.8) is 0 Å². The molecule has 2 aromatic rings. The molecule has 0 aliphatic heterocycles. The molecule has 0 aliphatic rings. The zero-order valence-corrected chi connectivity index (χ0v) is 16.9. The molecule has 5 nitrogen and oxygen atoms in total. The highest BCUT2D eigenvalue weighted by molar-refractivity contribution is 5.81. The molecule has 0 aliphatic carbocycles. The maximum Gasteiger partial charge on any atom is 0.432 e. The number of hydrogen-bond donors (Lipinski definition) is 0. The van der Waals surface area contributed by atoms with Gasteiger partial charge >= 0.3 is 18.0 Å². The van der Waals surface area contributed by atoms with Crippen LogP contribution in [0.2, 0.25) is 0 Å². The van der Waals surface area contributed by atoms with Gasteiger partial charge in [-0.25, -0.2) is 18.4 Å². The molecule has 170 valence electrons. The minimum atomic E-state index is -4.29. The summed E-state index contributed by atoms with van der Waals surface area (Å²) in [6.45, 7) is 6.33. The molecule has 0 bridgehead atoms. The fourth-order valence-electron chi connectivity index (χ4n) is 2.63. The van der Waals surface area contributed by atoms with Crippen molar-refractivity contribution in [2.75, 3.05) is 13.2 Å². The quantitative estimate of drug-likeness (QED) is 0.283. The number of ether oxygens (including phenoxy) is 3. The third kappa shape index (κ3) is 6.97. The Balaban J connectivity index is 2.05. The van der Waals surface area contributed by atoms with E-state index >= 15 is 0 Å². The first-order valence-electron chi connectivity index (χ1n) is 9.39. The predicted octanol–water partition coefficient (Wildman–Crippen LogP) is 4.64.